The average Bonchev–Trinajstić information content (AvgIpc) is 1.61. The molecule has 0 heterocycles. The summed E-state index contributed by atoms with van der Waals surface area (Å²) in [6.07, 6.45) is 0. The van der Waals surface area contributed by atoms with Crippen LogP contribution in [0.25, 0.3) is 0 Å². The first-order valence-corrected chi connectivity index (χ1v) is 2.13. The summed E-state index contributed by atoms with van der Waals surface area (Å²) in [5.41, 5.74) is 0. The molecular weight excluding hydrogens is 92.1 g/mol. The van der Waals surface area contributed by atoms with Crippen LogP contribution < -0.4 is 5.84 Å². The molecule has 0 aromatic carbocycles. The Balaban J connectivity index is 3.08. The summed E-state index contributed by atoms with van der Waals surface area (Å²) >= 11 is 0. The second kappa shape index (κ2) is 3.55. The minimum Gasteiger partial charge on any atom is -0.230 e. The lowest BCUT2D eigenvalue weighted by Crippen LogP contribution is -2.17. The third-order valence-corrected chi connectivity index (χ3v) is 0.346. The molecule has 0 aliphatic carbocycles. The molecule has 0 saturated carbocycles. The van der Waals surface area contributed by atoms with Crippen LogP contribution in [0.15, 0.2) is 10.3 Å². The molecule has 2 N–H and O–H groups in total. The first-order valence-electron chi connectivity index (χ1n) is 2.13. The van der Waals surface area contributed by atoms with Crippen molar-refractivity contribution in [1.82, 2.24) is 5.12 Å². The highest BCUT2D eigenvalue weighted by Crippen LogP contribution is 1.72. The summed E-state index contributed by atoms with van der Waals surface area (Å²) in [5, 5.41) is 8.25. The molecule has 0 aliphatic rings. The summed E-state index contributed by atoms with van der Waals surface area (Å²) in [6, 6.07) is 0. The third-order valence-electron chi connectivity index (χ3n) is 0.346. The van der Waals surface area contributed by atoms with Crippen molar-refractivity contribution < 1.29 is 0 Å². The van der Waals surface area contributed by atoms with Crippen molar-refractivity contribution in [3.05, 3.63) is 0 Å². The molecular formula is C3H10N4. The predicted molar refractivity (Wildman–Crippen MR) is 27.3 cm³/mol. The topological polar surface area (TPSA) is 54.0 Å². The van der Waals surface area contributed by atoms with Crippen molar-refractivity contribution in [2.24, 2.45) is 16.2 Å². The summed E-state index contributed by atoms with van der Waals surface area (Å²) in [5.74, 6) is 5.05. The van der Waals surface area contributed by atoms with Gasteiger partial charge in [-0.2, -0.15) is 5.11 Å². The number of rotatable bonds is 2. The number of hydrogen-bond acceptors (Lipinski definition) is 3. The fraction of sp³-hybridized carbons (Fsp3) is 1.00. The van der Waals surface area contributed by atoms with Gasteiger partial charge in [0.1, 0.15) is 0 Å². The molecule has 0 rings (SSSR count). The Hall–Kier alpha value is -0.640. The first-order chi connectivity index (χ1) is 3.27. The van der Waals surface area contributed by atoms with E-state index in [1.54, 1.807) is 7.05 Å². The fourth-order valence-electron chi connectivity index (χ4n) is 0.163. The van der Waals surface area contributed by atoms with Gasteiger partial charge in [-0.05, 0) is 6.92 Å². The molecule has 0 aliphatic heterocycles. The van der Waals surface area contributed by atoms with Crippen LogP contribution in [0.2, 0.25) is 0 Å². The van der Waals surface area contributed by atoms with Gasteiger partial charge in [-0.1, -0.05) is 5.22 Å². The van der Waals surface area contributed by atoms with E-state index in [1.807, 2.05) is 6.92 Å². The SMILES string of the molecule is CCN=NN(C)N. The lowest BCUT2D eigenvalue weighted by Gasteiger charge is -1.97. The highest BCUT2D eigenvalue weighted by Gasteiger charge is 1.71. The van der Waals surface area contributed by atoms with E-state index < -0.39 is 0 Å². The molecule has 0 unspecified atom stereocenters. The van der Waals surface area contributed by atoms with Crippen LogP contribution in [0.4, 0.5) is 0 Å². The number of nitrogens with zero attached hydrogens (tertiary/aromatic N) is 3. The molecule has 0 saturated heterocycles. The molecule has 4 heteroatoms. The van der Waals surface area contributed by atoms with E-state index in [0.717, 1.165) is 0 Å². The quantitative estimate of drug-likeness (QED) is 0.307. The zero-order valence-corrected chi connectivity index (χ0v) is 4.63. The summed E-state index contributed by atoms with van der Waals surface area (Å²) in [6.45, 7) is 2.58. The van der Waals surface area contributed by atoms with E-state index in [4.69, 9.17) is 5.84 Å². The van der Waals surface area contributed by atoms with E-state index in [1.165, 1.54) is 5.12 Å². The van der Waals surface area contributed by atoms with Gasteiger partial charge < -0.3 is 0 Å². The first kappa shape index (κ1) is 6.36. The maximum atomic E-state index is 5.05. The normalized spacial score (nSPS) is 10.1. The minimum atomic E-state index is 0.682. The van der Waals surface area contributed by atoms with Crippen LogP contribution >= 0.6 is 0 Å². The van der Waals surface area contributed by atoms with Crippen molar-refractivity contribution in [2.45, 2.75) is 6.92 Å². The predicted octanol–water partition coefficient (Wildman–Crippen LogP) is 0.179. The Kier molecular flexibility index (Phi) is 3.22. The highest BCUT2D eigenvalue weighted by molar-refractivity contribution is 4.19. The van der Waals surface area contributed by atoms with Crippen LogP contribution in [0.3, 0.4) is 0 Å². The van der Waals surface area contributed by atoms with Crippen LogP contribution in [0.1, 0.15) is 6.92 Å². The maximum absolute atomic E-state index is 5.05. The standard InChI is InChI=1S/C3H10N4/c1-3-5-6-7(2)4/h3-4H2,1-2H3. The average molecular weight is 102 g/mol. The smallest absolute Gasteiger partial charge is 0.0592 e. The van der Waals surface area contributed by atoms with Gasteiger partial charge >= 0.3 is 0 Å². The molecule has 0 aromatic heterocycles. The Morgan fingerprint density at radius 2 is 2.29 bits per heavy atom. The van der Waals surface area contributed by atoms with E-state index >= 15 is 0 Å². The van der Waals surface area contributed by atoms with Gasteiger partial charge in [-0.15, -0.1) is 0 Å². The highest BCUT2D eigenvalue weighted by atomic mass is 15.7. The Bertz CT molecular complexity index is 58.0. The van der Waals surface area contributed by atoms with E-state index in [9.17, 15) is 0 Å². The molecule has 0 aromatic rings. The lowest BCUT2D eigenvalue weighted by atomic mass is 10.8. The molecule has 0 atom stereocenters. The van der Waals surface area contributed by atoms with Crippen molar-refractivity contribution in [3.8, 4) is 0 Å². The molecule has 42 valence electrons. The zero-order chi connectivity index (χ0) is 5.70. The van der Waals surface area contributed by atoms with Crippen LogP contribution in [-0.2, 0) is 0 Å². The third kappa shape index (κ3) is 5.36. The Morgan fingerprint density at radius 3 is 2.43 bits per heavy atom. The molecule has 7 heavy (non-hydrogen) atoms. The fourth-order valence-corrected chi connectivity index (χ4v) is 0.163. The van der Waals surface area contributed by atoms with Crippen LogP contribution in [0, 0.1) is 0 Å². The van der Waals surface area contributed by atoms with Gasteiger partial charge in [0, 0.05) is 7.05 Å². The number of hydrazine groups is 1. The van der Waals surface area contributed by atoms with Gasteiger partial charge in [0.2, 0.25) is 0 Å². The monoisotopic (exact) mass is 102 g/mol. The molecule has 0 fully saturated rings. The van der Waals surface area contributed by atoms with Crippen molar-refractivity contribution >= 4 is 0 Å². The Morgan fingerprint density at radius 1 is 1.71 bits per heavy atom. The van der Waals surface area contributed by atoms with Crippen molar-refractivity contribution in [2.75, 3.05) is 13.6 Å². The Labute approximate surface area is 43.0 Å². The van der Waals surface area contributed by atoms with Gasteiger partial charge in [0.05, 0.1) is 6.54 Å². The maximum Gasteiger partial charge on any atom is 0.0592 e. The summed E-state index contributed by atoms with van der Waals surface area (Å²) in [4.78, 5) is 0. The molecule has 0 spiro atoms. The molecule has 4 nitrogen and oxygen atoms in total. The second-order valence-electron chi connectivity index (χ2n) is 1.12. The summed E-state index contributed by atoms with van der Waals surface area (Å²) < 4.78 is 0. The lowest BCUT2D eigenvalue weighted by molar-refractivity contribution is 0.341. The van der Waals surface area contributed by atoms with Gasteiger partial charge in [0.25, 0.3) is 0 Å². The number of hydrogen-bond donors (Lipinski definition) is 1. The second-order valence-corrected chi connectivity index (χ2v) is 1.12. The van der Waals surface area contributed by atoms with E-state index in [-0.39, 0.29) is 0 Å². The number of nitrogens with two attached hydrogens (primary N) is 1. The van der Waals surface area contributed by atoms with E-state index in [0.29, 0.717) is 6.54 Å². The van der Waals surface area contributed by atoms with E-state index in [2.05, 4.69) is 10.3 Å². The largest absolute Gasteiger partial charge is 0.230 e. The molecule has 0 amide bonds. The van der Waals surface area contributed by atoms with Gasteiger partial charge in [0.15, 0.2) is 0 Å². The van der Waals surface area contributed by atoms with Crippen LogP contribution in [0.5, 0.6) is 0 Å². The zero-order valence-electron chi connectivity index (χ0n) is 4.63. The van der Waals surface area contributed by atoms with Gasteiger partial charge in [-0.3, -0.25) is 0 Å². The summed E-state index contributed by atoms with van der Waals surface area (Å²) in [7, 11) is 1.62. The van der Waals surface area contributed by atoms with Gasteiger partial charge in [-0.25, -0.2) is 11.0 Å². The van der Waals surface area contributed by atoms with Crippen molar-refractivity contribution in [3.63, 3.8) is 0 Å². The minimum absolute atomic E-state index is 0.682. The molecule has 0 radical (unpaired) electrons. The van der Waals surface area contributed by atoms with Crippen molar-refractivity contribution in [1.29, 1.82) is 0 Å². The molecule has 0 bridgehead atoms. The van der Waals surface area contributed by atoms with Crippen LogP contribution in [-0.4, -0.2) is 18.7 Å².